The first-order valence-corrected chi connectivity index (χ1v) is 12.0. The Kier molecular flexibility index (Phi) is 8.03. The average molecular weight is 530 g/mol. The zero-order valence-corrected chi connectivity index (χ0v) is 20.3. The van der Waals surface area contributed by atoms with Crippen molar-refractivity contribution in [1.29, 1.82) is 0 Å². The molecule has 0 unspecified atom stereocenters. The second-order valence-corrected chi connectivity index (χ2v) is 9.88. The Hall–Kier alpha value is -4.27. The van der Waals surface area contributed by atoms with E-state index >= 15 is 0 Å². The summed E-state index contributed by atoms with van der Waals surface area (Å²) in [7, 11) is -2.30. The van der Waals surface area contributed by atoms with Crippen LogP contribution in [0.2, 0.25) is 0 Å². The van der Waals surface area contributed by atoms with Crippen LogP contribution in [0, 0.1) is 20.2 Å². The Bertz CT molecular complexity index is 1400. The number of carbonyl (C=O) groups is 1. The molecule has 186 valence electrons. The van der Waals surface area contributed by atoms with E-state index in [4.69, 9.17) is 12.2 Å². The number of non-ortho nitro benzene ring substituents is 2. The van der Waals surface area contributed by atoms with Gasteiger partial charge in [-0.2, -0.15) is 4.31 Å². The number of nitrogens with zero attached hydrogens (tertiary/aromatic N) is 3. The third-order valence-electron chi connectivity index (χ3n) is 4.88. The van der Waals surface area contributed by atoms with Gasteiger partial charge in [0.1, 0.15) is 0 Å². The highest BCUT2D eigenvalue weighted by Crippen LogP contribution is 2.23. The molecule has 0 atom stereocenters. The molecule has 0 aliphatic heterocycles. The molecule has 3 aromatic rings. The van der Waals surface area contributed by atoms with E-state index in [1.807, 2.05) is 30.3 Å². The summed E-state index contributed by atoms with van der Waals surface area (Å²) in [5.74, 6) is -0.902. The van der Waals surface area contributed by atoms with Gasteiger partial charge in [-0.3, -0.25) is 30.3 Å². The summed E-state index contributed by atoms with van der Waals surface area (Å²) < 4.78 is 26.9. The Morgan fingerprint density at radius 1 is 0.944 bits per heavy atom. The fourth-order valence-electron chi connectivity index (χ4n) is 3.09. The number of nitrogens with one attached hydrogen (secondary N) is 2. The quantitative estimate of drug-likeness (QED) is 0.252. The molecular formula is C22H19N5O7S2. The number of nitro benzene ring substituents is 2. The molecule has 0 heterocycles. The molecule has 0 saturated heterocycles. The normalized spacial score (nSPS) is 11.1. The second-order valence-electron chi connectivity index (χ2n) is 7.43. The van der Waals surface area contributed by atoms with Gasteiger partial charge in [-0.25, -0.2) is 8.42 Å². The summed E-state index contributed by atoms with van der Waals surface area (Å²) in [5.41, 5.74) is -0.389. The van der Waals surface area contributed by atoms with Crippen molar-refractivity contribution < 1.29 is 23.1 Å². The van der Waals surface area contributed by atoms with Crippen molar-refractivity contribution in [3.05, 3.63) is 104 Å². The monoisotopic (exact) mass is 529 g/mol. The average Bonchev–Trinajstić information content (AvgIpc) is 2.84. The van der Waals surface area contributed by atoms with Crippen LogP contribution in [0.4, 0.5) is 17.1 Å². The molecular weight excluding hydrogens is 510 g/mol. The van der Waals surface area contributed by atoms with Crippen molar-refractivity contribution in [2.75, 3.05) is 12.4 Å². The van der Waals surface area contributed by atoms with E-state index in [2.05, 4.69) is 10.6 Å². The van der Waals surface area contributed by atoms with Crippen LogP contribution in [-0.2, 0) is 16.6 Å². The van der Waals surface area contributed by atoms with Crippen LogP contribution in [-0.4, -0.2) is 40.6 Å². The topological polar surface area (TPSA) is 165 Å². The number of nitro groups is 2. The number of thiocarbonyl (C=S) groups is 1. The molecule has 0 aromatic heterocycles. The Balaban J connectivity index is 1.67. The highest BCUT2D eigenvalue weighted by atomic mass is 32.2. The molecule has 0 saturated carbocycles. The minimum Gasteiger partial charge on any atom is -0.332 e. The fraction of sp³-hybridized carbons (Fsp3) is 0.0909. The van der Waals surface area contributed by atoms with Crippen molar-refractivity contribution in [1.82, 2.24) is 9.62 Å². The Morgan fingerprint density at radius 2 is 1.50 bits per heavy atom. The molecule has 0 bridgehead atoms. The van der Waals surface area contributed by atoms with Gasteiger partial charge in [-0.15, -0.1) is 0 Å². The maximum Gasteiger partial charge on any atom is 0.277 e. The molecule has 0 aliphatic carbocycles. The van der Waals surface area contributed by atoms with Crippen LogP contribution in [0.5, 0.6) is 0 Å². The van der Waals surface area contributed by atoms with Crippen molar-refractivity contribution >= 4 is 50.3 Å². The van der Waals surface area contributed by atoms with E-state index in [0.29, 0.717) is 5.69 Å². The Labute approximate surface area is 210 Å². The zero-order valence-electron chi connectivity index (χ0n) is 18.7. The molecule has 12 nitrogen and oxygen atoms in total. The maximum atomic E-state index is 12.9. The minimum atomic E-state index is -3.77. The van der Waals surface area contributed by atoms with Crippen LogP contribution in [0.1, 0.15) is 15.9 Å². The summed E-state index contributed by atoms with van der Waals surface area (Å²) in [6, 6.07) is 17.2. The van der Waals surface area contributed by atoms with Crippen molar-refractivity contribution in [3.63, 3.8) is 0 Å². The molecule has 3 rings (SSSR count). The third kappa shape index (κ3) is 6.44. The van der Waals surface area contributed by atoms with Gasteiger partial charge in [0.25, 0.3) is 17.3 Å². The second kappa shape index (κ2) is 11.0. The molecule has 0 aliphatic rings. The lowest BCUT2D eigenvalue weighted by atomic mass is 10.1. The largest absolute Gasteiger partial charge is 0.332 e. The Morgan fingerprint density at radius 3 is 2.03 bits per heavy atom. The van der Waals surface area contributed by atoms with Crippen LogP contribution in [0.15, 0.2) is 77.7 Å². The van der Waals surface area contributed by atoms with Crippen LogP contribution in [0.3, 0.4) is 0 Å². The first-order chi connectivity index (χ1) is 17.0. The number of carbonyl (C=O) groups excluding carboxylic acids is 1. The molecule has 2 N–H and O–H groups in total. The molecule has 14 heteroatoms. The predicted octanol–water partition coefficient (Wildman–Crippen LogP) is 3.45. The lowest BCUT2D eigenvalue weighted by Gasteiger charge is -2.17. The predicted molar refractivity (Wildman–Crippen MR) is 135 cm³/mol. The van der Waals surface area contributed by atoms with E-state index in [1.54, 1.807) is 0 Å². The van der Waals surface area contributed by atoms with Gasteiger partial charge in [0, 0.05) is 31.4 Å². The minimum absolute atomic E-state index is 0.0466. The fourth-order valence-corrected chi connectivity index (χ4v) is 4.46. The first-order valence-electron chi connectivity index (χ1n) is 10.1. The van der Waals surface area contributed by atoms with Crippen molar-refractivity contribution in [2.24, 2.45) is 0 Å². The highest BCUT2D eigenvalue weighted by Gasteiger charge is 2.22. The van der Waals surface area contributed by atoms with Crippen LogP contribution >= 0.6 is 12.2 Å². The number of benzene rings is 3. The van der Waals surface area contributed by atoms with Crippen LogP contribution in [0.25, 0.3) is 0 Å². The van der Waals surface area contributed by atoms with E-state index in [0.717, 1.165) is 23.8 Å². The molecule has 3 aromatic carbocycles. The lowest BCUT2D eigenvalue weighted by Crippen LogP contribution is -2.34. The van der Waals surface area contributed by atoms with Gasteiger partial charge in [-0.05, 0) is 42.0 Å². The van der Waals surface area contributed by atoms with Crippen molar-refractivity contribution in [2.45, 2.75) is 11.4 Å². The van der Waals surface area contributed by atoms with Gasteiger partial charge in [0.05, 0.1) is 26.4 Å². The number of rotatable bonds is 8. The number of amides is 1. The smallest absolute Gasteiger partial charge is 0.277 e. The summed E-state index contributed by atoms with van der Waals surface area (Å²) >= 11 is 5.06. The third-order valence-corrected chi connectivity index (χ3v) is 6.90. The number of hydrogen-bond acceptors (Lipinski definition) is 8. The number of sulfonamides is 1. The zero-order chi connectivity index (χ0) is 26.5. The molecule has 1 amide bonds. The van der Waals surface area contributed by atoms with Gasteiger partial charge in [0.2, 0.25) is 10.0 Å². The standard InChI is InChI=1S/C22H19N5O7S2/c1-25(14-15-5-3-2-4-6-15)36(33,34)20-9-7-17(8-10-20)23-22(35)24-21(28)16-11-18(26(29)30)13-19(12-16)27(31)32/h2-13H,14H2,1H3,(H2,23,24,28,35). The summed E-state index contributed by atoms with van der Waals surface area (Å²) in [6.07, 6.45) is 0. The van der Waals surface area contributed by atoms with E-state index in [1.165, 1.54) is 35.6 Å². The lowest BCUT2D eigenvalue weighted by molar-refractivity contribution is -0.394. The van der Waals surface area contributed by atoms with E-state index in [9.17, 15) is 33.4 Å². The van der Waals surface area contributed by atoms with Gasteiger partial charge in [0.15, 0.2) is 5.11 Å². The summed E-state index contributed by atoms with van der Waals surface area (Å²) in [4.78, 5) is 32.8. The van der Waals surface area contributed by atoms with Crippen LogP contribution < -0.4 is 10.6 Å². The van der Waals surface area contributed by atoms with E-state index < -0.39 is 37.2 Å². The van der Waals surface area contributed by atoms with Crippen molar-refractivity contribution in [3.8, 4) is 0 Å². The summed E-state index contributed by atoms with van der Waals surface area (Å²) in [5, 5.41) is 26.8. The number of hydrogen-bond donors (Lipinski definition) is 2. The molecule has 0 fully saturated rings. The molecule has 0 spiro atoms. The van der Waals surface area contributed by atoms with Gasteiger partial charge < -0.3 is 5.32 Å². The SMILES string of the molecule is CN(Cc1ccccc1)S(=O)(=O)c1ccc(NC(=S)NC(=O)c2cc([N+](=O)[O-])cc([N+](=O)[O-])c2)cc1. The molecule has 0 radical (unpaired) electrons. The summed E-state index contributed by atoms with van der Waals surface area (Å²) in [6.45, 7) is 0.190. The van der Waals surface area contributed by atoms with Gasteiger partial charge >= 0.3 is 0 Å². The van der Waals surface area contributed by atoms with E-state index in [-0.39, 0.29) is 22.1 Å². The maximum absolute atomic E-state index is 12.9. The molecule has 36 heavy (non-hydrogen) atoms. The first kappa shape index (κ1) is 26.3. The highest BCUT2D eigenvalue weighted by molar-refractivity contribution is 7.89. The van der Waals surface area contributed by atoms with Gasteiger partial charge in [-0.1, -0.05) is 30.3 Å². The number of anilines is 1.